The second-order valence-corrected chi connectivity index (χ2v) is 7.82. The van der Waals surface area contributed by atoms with Crippen molar-refractivity contribution in [2.75, 3.05) is 18.0 Å². The molecule has 10 heteroatoms. The Labute approximate surface area is 187 Å². The van der Waals surface area contributed by atoms with Crippen LogP contribution in [0.3, 0.4) is 0 Å². The molecule has 0 N–H and O–H groups in total. The first-order chi connectivity index (χ1) is 15.9. The monoisotopic (exact) mass is 454 g/mol. The van der Waals surface area contributed by atoms with E-state index in [0.29, 0.717) is 31.1 Å². The number of aryl methyl sites for hydroxylation is 1. The van der Waals surface area contributed by atoms with Crippen molar-refractivity contribution in [1.29, 1.82) is 0 Å². The van der Waals surface area contributed by atoms with E-state index in [1.807, 2.05) is 37.3 Å². The van der Waals surface area contributed by atoms with Gasteiger partial charge in [-0.3, -0.25) is 4.98 Å². The van der Waals surface area contributed by atoms with Gasteiger partial charge in [-0.05, 0) is 25.1 Å². The fourth-order valence-electron chi connectivity index (χ4n) is 3.97. The van der Waals surface area contributed by atoms with Gasteiger partial charge in [0.25, 0.3) is 0 Å². The highest BCUT2D eigenvalue weighted by Gasteiger charge is 2.32. The molecule has 1 aliphatic heterocycles. The summed E-state index contributed by atoms with van der Waals surface area (Å²) in [5.41, 5.74) is -0.0674. The lowest BCUT2D eigenvalue weighted by atomic mass is 10.2. The van der Waals surface area contributed by atoms with Crippen LogP contribution in [0.25, 0.3) is 22.4 Å². The van der Waals surface area contributed by atoms with E-state index in [-0.39, 0.29) is 17.5 Å². The number of nitrogens with zero attached hydrogens (tertiary/aromatic N) is 6. The summed E-state index contributed by atoms with van der Waals surface area (Å²) < 4.78 is 47.5. The van der Waals surface area contributed by atoms with Crippen LogP contribution in [0.15, 0.2) is 55.0 Å². The molecule has 4 aromatic rings. The first-order valence-corrected chi connectivity index (χ1v) is 10.6. The summed E-state index contributed by atoms with van der Waals surface area (Å²) in [7, 11) is 0. The molecule has 1 aliphatic rings. The van der Waals surface area contributed by atoms with Crippen LogP contribution in [-0.4, -0.2) is 43.9 Å². The van der Waals surface area contributed by atoms with Gasteiger partial charge in [-0.15, -0.1) is 0 Å². The minimum Gasteiger partial charge on any atom is -0.489 e. The fourth-order valence-corrected chi connectivity index (χ4v) is 3.97. The summed E-state index contributed by atoms with van der Waals surface area (Å²) >= 11 is 0. The SMILES string of the molecule is CCn1ncc2c(N3CC[C@H](Oc4ccccc4)C3)nc(-c3cncc(C(F)(F)F)c3)nc21. The molecular weight excluding hydrogens is 433 g/mol. The number of hydrogen-bond acceptors (Lipinski definition) is 6. The summed E-state index contributed by atoms with van der Waals surface area (Å²) in [6.07, 6.45) is 0.107. The Morgan fingerprint density at radius 2 is 1.91 bits per heavy atom. The van der Waals surface area contributed by atoms with Gasteiger partial charge in [-0.2, -0.15) is 18.3 Å². The lowest BCUT2D eigenvalue weighted by Gasteiger charge is -2.19. The highest BCUT2D eigenvalue weighted by atomic mass is 19.4. The Morgan fingerprint density at radius 3 is 2.67 bits per heavy atom. The lowest BCUT2D eigenvalue weighted by molar-refractivity contribution is -0.137. The van der Waals surface area contributed by atoms with Crippen molar-refractivity contribution in [3.63, 3.8) is 0 Å². The van der Waals surface area contributed by atoms with Crippen molar-refractivity contribution < 1.29 is 17.9 Å². The number of alkyl halides is 3. The average Bonchev–Trinajstić information content (AvgIpc) is 3.45. The minimum absolute atomic E-state index is 0.0303. The maximum Gasteiger partial charge on any atom is 0.417 e. The standard InChI is InChI=1S/C23H21F3N6O/c1-2-32-22-19(13-28-32)21(31-9-8-18(14-31)33-17-6-4-3-5-7-17)29-20(30-22)15-10-16(12-27-11-15)23(24,25)26/h3-7,10-13,18H,2,8-9,14H2,1H3/t18-/m0/s1. The van der Waals surface area contributed by atoms with Crippen molar-refractivity contribution in [1.82, 2.24) is 24.7 Å². The van der Waals surface area contributed by atoms with Gasteiger partial charge >= 0.3 is 6.18 Å². The first-order valence-electron chi connectivity index (χ1n) is 10.6. The predicted molar refractivity (Wildman–Crippen MR) is 117 cm³/mol. The second-order valence-electron chi connectivity index (χ2n) is 7.82. The molecule has 170 valence electrons. The molecule has 3 aromatic heterocycles. The number of halogens is 3. The van der Waals surface area contributed by atoms with Crippen LogP contribution in [0.2, 0.25) is 0 Å². The van der Waals surface area contributed by atoms with Crippen molar-refractivity contribution in [3.05, 3.63) is 60.6 Å². The number of fused-ring (bicyclic) bond motifs is 1. The van der Waals surface area contributed by atoms with E-state index < -0.39 is 11.7 Å². The highest BCUT2D eigenvalue weighted by molar-refractivity contribution is 5.89. The molecule has 0 amide bonds. The number of anilines is 1. The normalized spacial score (nSPS) is 16.5. The molecule has 0 saturated carbocycles. The maximum atomic E-state index is 13.2. The third-order valence-corrected chi connectivity index (χ3v) is 5.59. The van der Waals surface area contributed by atoms with E-state index in [4.69, 9.17) is 4.74 Å². The van der Waals surface area contributed by atoms with Crippen LogP contribution in [0.1, 0.15) is 18.9 Å². The Morgan fingerprint density at radius 1 is 1.09 bits per heavy atom. The Kier molecular flexibility index (Phi) is 5.35. The molecule has 5 rings (SSSR count). The molecule has 7 nitrogen and oxygen atoms in total. The van der Waals surface area contributed by atoms with Crippen LogP contribution in [0, 0.1) is 0 Å². The lowest BCUT2D eigenvalue weighted by Crippen LogP contribution is -2.25. The summed E-state index contributed by atoms with van der Waals surface area (Å²) in [5, 5.41) is 5.14. The zero-order valence-corrected chi connectivity index (χ0v) is 17.8. The molecule has 4 heterocycles. The molecule has 1 atom stereocenters. The summed E-state index contributed by atoms with van der Waals surface area (Å²) in [6.45, 7) is 3.79. The Balaban J connectivity index is 1.52. The number of ether oxygens (including phenoxy) is 1. The Hall–Kier alpha value is -3.69. The van der Waals surface area contributed by atoms with Crippen LogP contribution < -0.4 is 9.64 Å². The zero-order chi connectivity index (χ0) is 23.0. The number of aromatic nitrogens is 5. The van der Waals surface area contributed by atoms with Crippen LogP contribution in [0.4, 0.5) is 19.0 Å². The quantitative estimate of drug-likeness (QED) is 0.440. The van der Waals surface area contributed by atoms with Crippen molar-refractivity contribution in [2.45, 2.75) is 32.2 Å². The molecule has 0 unspecified atom stereocenters. The molecule has 33 heavy (non-hydrogen) atoms. The number of pyridine rings is 1. The van der Waals surface area contributed by atoms with Crippen LogP contribution in [-0.2, 0) is 12.7 Å². The van der Waals surface area contributed by atoms with Crippen LogP contribution >= 0.6 is 0 Å². The van der Waals surface area contributed by atoms with Gasteiger partial charge in [-0.1, -0.05) is 18.2 Å². The van der Waals surface area contributed by atoms with E-state index in [0.717, 1.165) is 29.8 Å². The van der Waals surface area contributed by atoms with Crippen LogP contribution in [0.5, 0.6) is 5.75 Å². The van der Waals surface area contributed by atoms with Gasteiger partial charge in [0.15, 0.2) is 11.5 Å². The number of para-hydroxylation sites is 1. The molecule has 0 spiro atoms. The zero-order valence-electron chi connectivity index (χ0n) is 17.8. The second kappa shape index (κ2) is 8.34. The smallest absolute Gasteiger partial charge is 0.417 e. The summed E-state index contributed by atoms with van der Waals surface area (Å²) in [5.74, 6) is 1.61. The largest absolute Gasteiger partial charge is 0.489 e. The topological polar surface area (TPSA) is 69.0 Å². The summed E-state index contributed by atoms with van der Waals surface area (Å²) in [4.78, 5) is 15.0. The molecule has 1 fully saturated rings. The molecule has 1 saturated heterocycles. The third-order valence-electron chi connectivity index (χ3n) is 5.59. The van der Waals surface area contributed by atoms with Gasteiger partial charge in [-0.25, -0.2) is 14.6 Å². The average molecular weight is 454 g/mol. The van der Waals surface area contributed by atoms with Crippen molar-refractivity contribution in [3.8, 4) is 17.1 Å². The van der Waals surface area contributed by atoms with Gasteiger partial charge in [0.2, 0.25) is 0 Å². The van der Waals surface area contributed by atoms with Gasteiger partial charge < -0.3 is 9.64 Å². The van der Waals surface area contributed by atoms with E-state index in [1.165, 1.54) is 6.20 Å². The van der Waals surface area contributed by atoms with Gasteiger partial charge in [0.1, 0.15) is 17.7 Å². The van der Waals surface area contributed by atoms with E-state index in [2.05, 4.69) is 25.0 Å². The minimum atomic E-state index is -4.50. The van der Waals surface area contributed by atoms with Gasteiger partial charge in [0, 0.05) is 37.5 Å². The van der Waals surface area contributed by atoms with Crippen molar-refractivity contribution >= 4 is 16.9 Å². The Bertz CT molecular complexity index is 1270. The van der Waals surface area contributed by atoms with E-state index >= 15 is 0 Å². The molecule has 0 aliphatic carbocycles. The predicted octanol–water partition coefficient (Wildman–Crippen LogP) is 4.58. The van der Waals surface area contributed by atoms with E-state index in [1.54, 1.807) is 10.9 Å². The van der Waals surface area contributed by atoms with E-state index in [9.17, 15) is 13.2 Å². The summed E-state index contributed by atoms with van der Waals surface area (Å²) in [6, 6.07) is 10.6. The number of rotatable bonds is 5. The first kappa shape index (κ1) is 21.2. The highest BCUT2D eigenvalue weighted by Crippen LogP contribution is 2.33. The number of hydrogen-bond donors (Lipinski definition) is 0. The molecular formula is C23H21F3N6O. The molecule has 1 aromatic carbocycles. The maximum absolute atomic E-state index is 13.2. The van der Waals surface area contributed by atoms with Crippen molar-refractivity contribution in [2.24, 2.45) is 0 Å². The van der Waals surface area contributed by atoms with Gasteiger partial charge in [0.05, 0.1) is 23.7 Å². The third kappa shape index (κ3) is 4.20. The number of benzene rings is 1. The molecule has 0 bridgehead atoms. The fraction of sp³-hybridized carbons (Fsp3) is 0.304. The molecule has 0 radical (unpaired) electrons.